The summed E-state index contributed by atoms with van der Waals surface area (Å²) in [5.74, 6) is -1.75. The van der Waals surface area contributed by atoms with E-state index in [9.17, 15) is 23.1 Å². The van der Waals surface area contributed by atoms with E-state index in [1.54, 1.807) is 20.8 Å². The van der Waals surface area contributed by atoms with E-state index < -0.39 is 33.4 Å². The fraction of sp³-hybridized carbons (Fsp3) is 0.429. The lowest BCUT2D eigenvalue weighted by molar-refractivity contribution is -0.143. The summed E-state index contributed by atoms with van der Waals surface area (Å²) in [5.41, 5.74) is 1.93. The van der Waals surface area contributed by atoms with Crippen molar-refractivity contribution in [2.75, 3.05) is 7.05 Å². The molecule has 0 fully saturated rings. The van der Waals surface area contributed by atoms with Crippen molar-refractivity contribution >= 4 is 33.5 Å². The number of sulfonamides is 1. The van der Waals surface area contributed by atoms with Crippen molar-refractivity contribution in [2.45, 2.75) is 31.7 Å². The molecule has 0 saturated carbocycles. The number of primary sulfonamides is 1. The number of halogens is 1. The van der Waals surface area contributed by atoms with Crippen LogP contribution in [0.25, 0.3) is 0 Å². The zero-order valence-corrected chi connectivity index (χ0v) is 15.3. The predicted molar refractivity (Wildman–Crippen MR) is 88.9 cm³/mol. The van der Waals surface area contributed by atoms with Gasteiger partial charge in [-0.3, -0.25) is 14.6 Å². The van der Waals surface area contributed by atoms with Gasteiger partial charge in [-0.05, 0) is 23.6 Å². The van der Waals surface area contributed by atoms with E-state index in [0.717, 1.165) is 11.1 Å². The third-order valence-electron chi connectivity index (χ3n) is 3.23. The molecule has 0 heterocycles. The molecule has 10 heteroatoms. The Morgan fingerprint density at radius 2 is 1.88 bits per heavy atom. The van der Waals surface area contributed by atoms with Gasteiger partial charge in [-0.1, -0.05) is 32.4 Å². The van der Waals surface area contributed by atoms with Crippen molar-refractivity contribution in [2.24, 2.45) is 10.6 Å². The van der Waals surface area contributed by atoms with Gasteiger partial charge >= 0.3 is 5.97 Å². The van der Waals surface area contributed by atoms with E-state index in [2.05, 4.69) is 5.43 Å². The Morgan fingerprint density at radius 1 is 1.33 bits per heavy atom. The number of hydrogen-bond acceptors (Lipinski definition) is 5. The van der Waals surface area contributed by atoms with Gasteiger partial charge in [0.15, 0.2) is 0 Å². The first-order valence-electron chi connectivity index (χ1n) is 6.84. The minimum Gasteiger partial charge on any atom is -0.480 e. The number of amides is 1. The Morgan fingerprint density at radius 3 is 2.29 bits per heavy atom. The largest absolute Gasteiger partial charge is 0.480 e. The molecule has 24 heavy (non-hydrogen) atoms. The molecular weight excluding hydrogens is 358 g/mol. The number of nitrogens with two attached hydrogens (primary N) is 1. The van der Waals surface area contributed by atoms with Gasteiger partial charge in [0.25, 0.3) is 5.91 Å². The fourth-order valence-electron chi connectivity index (χ4n) is 1.92. The van der Waals surface area contributed by atoms with Gasteiger partial charge in [0, 0.05) is 12.6 Å². The Hall–Kier alpha value is -1.68. The minimum absolute atomic E-state index is 0.00327. The maximum absolute atomic E-state index is 12.4. The predicted octanol–water partition coefficient (Wildman–Crippen LogP) is 1.06. The molecule has 8 nitrogen and oxygen atoms in total. The van der Waals surface area contributed by atoms with E-state index in [4.69, 9.17) is 16.7 Å². The first-order valence-corrected chi connectivity index (χ1v) is 8.77. The molecule has 0 bridgehead atoms. The van der Waals surface area contributed by atoms with E-state index >= 15 is 0 Å². The van der Waals surface area contributed by atoms with Gasteiger partial charge in [0.1, 0.15) is 10.9 Å². The second kappa shape index (κ2) is 7.06. The molecule has 0 aliphatic rings. The summed E-state index contributed by atoms with van der Waals surface area (Å²) in [5, 5.41) is 15.2. The molecule has 0 spiro atoms. The topological polar surface area (TPSA) is 130 Å². The van der Waals surface area contributed by atoms with Crippen molar-refractivity contribution in [3.05, 3.63) is 28.8 Å². The Balaban J connectivity index is 3.12. The maximum Gasteiger partial charge on any atom is 0.323 e. The van der Waals surface area contributed by atoms with Crippen LogP contribution in [-0.4, -0.2) is 43.5 Å². The van der Waals surface area contributed by atoms with Crippen LogP contribution in [0.4, 0.5) is 0 Å². The number of carbonyl (C=O) groups excluding carboxylic acids is 1. The third-order valence-corrected chi connectivity index (χ3v) is 4.62. The summed E-state index contributed by atoms with van der Waals surface area (Å²) in [6.45, 7) is 5.12. The first-order chi connectivity index (χ1) is 10.7. The number of nitrogens with one attached hydrogen (secondary N) is 1. The Labute approximate surface area is 145 Å². The third kappa shape index (κ3) is 4.91. The molecule has 0 aliphatic heterocycles. The molecule has 1 rings (SSSR count). The molecule has 0 saturated heterocycles. The summed E-state index contributed by atoms with van der Waals surface area (Å²) in [6.07, 6.45) is 0. The lowest BCUT2D eigenvalue weighted by Crippen LogP contribution is -2.54. The van der Waals surface area contributed by atoms with Crippen LogP contribution in [0.2, 0.25) is 5.02 Å². The number of carbonyl (C=O) groups is 2. The molecule has 1 unspecified atom stereocenters. The van der Waals surface area contributed by atoms with Gasteiger partial charge < -0.3 is 5.11 Å². The van der Waals surface area contributed by atoms with Crippen LogP contribution >= 0.6 is 11.6 Å². The van der Waals surface area contributed by atoms with Gasteiger partial charge in [-0.25, -0.2) is 19.0 Å². The Bertz CT molecular complexity index is 758. The number of carboxylic acid groups (broad SMARTS) is 1. The van der Waals surface area contributed by atoms with E-state index in [0.29, 0.717) is 0 Å². The number of carboxylic acids is 1. The minimum atomic E-state index is -4.09. The smallest absolute Gasteiger partial charge is 0.323 e. The average molecular weight is 378 g/mol. The van der Waals surface area contributed by atoms with Gasteiger partial charge in [-0.2, -0.15) is 0 Å². The number of nitrogens with zero attached hydrogens (tertiary/aromatic N) is 1. The fourth-order valence-corrected chi connectivity index (χ4v) is 2.99. The summed E-state index contributed by atoms with van der Waals surface area (Å²) < 4.78 is 22.9. The van der Waals surface area contributed by atoms with Crippen LogP contribution in [0, 0.1) is 5.41 Å². The standard InChI is InChI=1S/C14H20ClN3O5S/c1-14(2,3)11(13(20)21)17-18(4)12(19)8-5-6-9(15)10(7-8)24(16,22)23/h5-7,11,17H,1-4H3,(H,20,21)(H2,16,22,23). The molecule has 4 N–H and O–H groups in total. The lowest BCUT2D eigenvalue weighted by atomic mass is 9.87. The van der Waals surface area contributed by atoms with Crippen molar-refractivity contribution in [3.63, 3.8) is 0 Å². The molecule has 0 radical (unpaired) electrons. The zero-order chi connectivity index (χ0) is 18.9. The second-order valence-electron chi connectivity index (χ2n) is 6.32. The first kappa shape index (κ1) is 20.4. The van der Waals surface area contributed by atoms with Crippen LogP contribution in [0.15, 0.2) is 23.1 Å². The maximum atomic E-state index is 12.4. The molecule has 1 aromatic rings. The summed E-state index contributed by atoms with van der Waals surface area (Å²) in [7, 11) is -2.75. The number of rotatable bonds is 5. The van der Waals surface area contributed by atoms with Gasteiger partial charge in [0.05, 0.1) is 5.02 Å². The summed E-state index contributed by atoms with van der Waals surface area (Å²) >= 11 is 5.77. The molecule has 1 amide bonds. The molecule has 134 valence electrons. The highest BCUT2D eigenvalue weighted by atomic mass is 35.5. The number of aliphatic carboxylic acids is 1. The van der Waals surface area contributed by atoms with Gasteiger partial charge in [0.2, 0.25) is 10.0 Å². The molecule has 0 aliphatic carbocycles. The molecule has 1 atom stereocenters. The average Bonchev–Trinajstić information content (AvgIpc) is 2.41. The highest BCUT2D eigenvalue weighted by Crippen LogP contribution is 2.23. The normalized spacial score (nSPS) is 13.4. The quantitative estimate of drug-likeness (QED) is 0.658. The molecular formula is C14H20ClN3O5S. The van der Waals surface area contributed by atoms with Crippen molar-refractivity contribution in [3.8, 4) is 0 Å². The van der Waals surface area contributed by atoms with Crippen molar-refractivity contribution in [1.29, 1.82) is 0 Å². The zero-order valence-electron chi connectivity index (χ0n) is 13.7. The van der Waals surface area contributed by atoms with Crippen LogP contribution in [-0.2, 0) is 14.8 Å². The van der Waals surface area contributed by atoms with Crippen molar-refractivity contribution in [1.82, 2.24) is 10.4 Å². The van der Waals surface area contributed by atoms with E-state index in [1.165, 1.54) is 19.2 Å². The molecule has 0 aromatic heterocycles. The second-order valence-corrected chi connectivity index (χ2v) is 8.26. The van der Waals surface area contributed by atoms with Crippen LogP contribution in [0.5, 0.6) is 0 Å². The summed E-state index contributed by atoms with van der Waals surface area (Å²) in [4.78, 5) is 23.4. The van der Waals surface area contributed by atoms with Crippen LogP contribution < -0.4 is 10.6 Å². The number of benzene rings is 1. The van der Waals surface area contributed by atoms with Crippen LogP contribution in [0.1, 0.15) is 31.1 Å². The lowest BCUT2D eigenvalue weighted by Gasteiger charge is -2.32. The highest BCUT2D eigenvalue weighted by Gasteiger charge is 2.33. The van der Waals surface area contributed by atoms with E-state index in [1.807, 2.05) is 0 Å². The Kier molecular flexibility index (Phi) is 5.99. The van der Waals surface area contributed by atoms with Gasteiger partial charge in [-0.15, -0.1) is 0 Å². The highest BCUT2D eigenvalue weighted by molar-refractivity contribution is 7.89. The number of hydrazine groups is 1. The van der Waals surface area contributed by atoms with E-state index in [-0.39, 0.29) is 15.5 Å². The van der Waals surface area contributed by atoms with Crippen molar-refractivity contribution < 1.29 is 23.1 Å². The SMILES string of the molecule is CN(NC(C(=O)O)C(C)(C)C)C(=O)c1ccc(Cl)c(S(N)(=O)=O)c1. The monoisotopic (exact) mass is 377 g/mol. The summed E-state index contributed by atoms with van der Waals surface area (Å²) in [6, 6.07) is 2.58. The molecule has 1 aromatic carbocycles. The van der Waals surface area contributed by atoms with Crippen LogP contribution in [0.3, 0.4) is 0 Å². The number of hydrogen-bond donors (Lipinski definition) is 3.